The lowest BCUT2D eigenvalue weighted by atomic mass is 9.87. The summed E-state index contributed by atoms with van der Waals surface area (Å²) in [4.78, 5) is 34.6. The molecule has 0 radical (unpaired) electrons. The summed E-state index contributed by atoms with van der Waals surface area (Å²) in [6.45, 7) is 7.57. The predicted molar refractivity (Wildman–Crippen MR) is 166 cm³/mol. The van der Waals surface area contributed by atoms with Crippen molar-refractivity contribution in [1.29, 1.82) is 0 Å². The molecule has 3 unspecified atom stereocenters. The molecule has 0 bridgehead atoms. The Kier molecular flexibility index (Phi) is 9.70. The molecule has 7 nitrogen and oxygen atoms in total. The van der Waals surface area contributed by atoms with Gasteiger partial charge in [0.2, 0.25) is 11.8 Å². The highest BCUT2D eigenvalue weighted by Gasteiger charge is 2.40. The summed E-state index contributed by atoms with van der Waals surface area (Å²) >= 11 is 0. The number of carbonyl (C=O) groups is 2. The second kappa shape index (κ2) is 13.6. The van der Waals surface area contributed by atoms with Gasteiger partial charge in [0.15, 0.2) is 0 Å². The van der Waals surface area contributed by atoms with Crippen molar-refractivity contribution in [1.82, 2.24) is 15.6 Å². The number of ether oxygens (including phenoxy) is 1. The van der Waals surface area contributed by atoms with E-state index in [2.05, 4.69) is 48.5 Å². The highest BCUT2D eigenvalue weighted by Crippen LogP contribution is 2.33. The molecule has 3 aromatic rings. The van der Waals surface area contributed by atoms with E-state index in [0.29, 0.717) is 30.8 Å². The Labute approximate surface area is 250 Å². The van der Waals surface area contributed by atoms with Crippen molar-refractivity contribution in [2.75, 3.05) is 11.4 Å². The van der Waals surface area contributed by atoms with Gasteiger partial charge in [0.1, 0.15) is 6.04 Å². The van der Waals surface area contributed by atoms with Crippen LogP contribution in [0.1, 0.15) is 82.0 Å². The van der Waals surface area contributed by atoms with Gasteiger partial charge in [-0.15, -0.1) is 0 Å². The smallest absolute Gasteiger partial charge is 0.248 e. The van der Waals surface area contributed by atoms with Gasteiger partial charge in [0, 0.05) is 36.2 Å². The standard InChI is InChI=1S/C35H44N4O3/c1-35(2,3)27-16-18-29(19-17-27)39(34(41)31-21-30(23-37-31)42-24-25-11-6-4-7-12-25)32(26-13-10-20-36-22-26)33(40)38-28-14-8-5-9-15-28/h4,6-7,10-13,16-20,22,28,30-32,37H,5,8-9,14-15,21,23-24H2,1-3H3,(H,38,40). The second-order valence-electron chi connectivity index (χ2n) is 12.7. The number of hydrogen-bond acceptors (Lipinski definition) is 5. The summed E-state index contributed by atoms with van der Waals surface area (Å²) in [5.41, 5.74) is 3.61. The third-order valence-electron chi connectivity index (χ3n) is 8.42. The normalized spacial score (nSPS) is 20.2. The number of anilines is 1. The van der Waals surface area contributed by atoms with Crippen molar-refractivity contribution in [3.8, 4) is 0 Å². The first-order chi connectivity index (χ1) is 20.3. The zero-order chi connectivity index (χ0) is 29.5. The van der Waals surface area contributed by atoms with Gasteiger partial charge in [-0.25, -0.2) is 0 Å². The summed E-state index contributed by atoms with van der Waals surface area (Å²) in [6, 6.07) is 20.6. The van der Waals surface area contributed by atoms with Gasteiger partial charge in [-0.2, -0.15) is 0 Å². The first-order valence-electron chi connectivity index (χ1n) is 15.3. The molecular formula is C35H44N4O3. The molecule has 1 saturated carbocycles. The number of pyridine rings is 1. The van der Waals surface area contributed by atoms with Crippen LogP contribution >= 0.6 is 0 Å². The Morgan fingerprint density at radius 2 is 1.74 bits per heavy atom. The second-order valence-corrected chi connectivity index (χ2v) is 12.7. The zero-order valence-corrected chi connectivity index (χ0v) is 25.1. The van der Waals surface area contributed by atoms with Crippen LogP contribution in [-0.2, 0) is 26.3 Å². The van der Waals surface area contributed by atoms with Gasteiger partial charge >= 0.3 is 0 Å². The number of hydrogen-bond donors (Lipinski definition) is 2. The van der Waals surface area contributed by atoms with Crippen LogP contribution in [-0.4, -0.2) is 41.5 Å². The van der Waals surface area contributed by atoms with Crippen LogP contribution < -0.4 is 15.5 Å². The van der Waals surface area contributed by atoms with E-state index in [1.54, 1.807) is 17.3 Å². The van der Waals surface area contributed by atoms with Gasteiger partial charge in [0.25, 0.3) is 0 Å². The van der Waals surface area contributed by atoms with E-state index in [4.69, 9.17) is 4.74 Å². The Morgan fingerprint density at radius 3 is 2.40 bits per heavy atom. The van der Waals surface area contributed by atoms with Gasteiger partial charge in [-0.1, -0.05) is 88.6 Å². The van der Waals surface area contributed by atoms with Crippen LogP contribution in [0.15, 0.2) is 79.1 Å². The maximum atomic E-state index is 14.5. The highest BCUT2D eigenvalue weighted by molar-refractivity contribution is 6.04. The van der Waals surface area contributed by atoms with Gasteiger partial charge in [-0.05, 0) is 54.0 Å². The SMILES string of the molecule is CC(C)(C)c1ccc(N(C(=O)C2CC(OCc3ccccc3)CN2)C(C(=O)NC2CCCCC2)c2cccnc2)cc1. The molecule has 2 heterocycles. The monoisotopic (exact) mass is 568 g/mol. The molecule has 2 fully saturated rings. The molecule has 2 amide bonds. The lowest BCUT2D eigenvalue weighted by molar-refractivity contribution is -0.128. The molecule has 42 heavy (non-hydrogen) atoms. The number of rotatable bonds is 9. The van der Waals surface area contributed by atoms with Crippen molar-refractivity contribution in [2.24, 2.45) is 0 Å². The molecule has 2 aliphatic rings. The molecule has 1 aromatic heterocycles. The maximum Gasteiger partial charge on any atom is 0.248 e. The van der Waals surface area contributed by atoms with Crippen LogP contribution in [0.5, 0.6) is 0 Å². The number of carbonyl (C=O) groups excluding carboxylic acids is 2. The first kappa shape index (κ1) is 29.9. The minimum Gasteiger partial charge on any atom is -0.372 e. The Morgan fingerprint density at radius 1 is 1.00 bits per heavy atom. The molecule has 1 saturated heterocycles. The fraction of sp³-hybridized carbons (Fsp3) is 0.457. The summed E-state index contributed by atoms with van der Waals surface area (Å²) in [5, 5.41) is 6.68. The van der Waals surface area contributed by atoms with Crippen molar-refractivity contribution in [3.05, 3.63) is 95.8 Å². The fourth-order valence-electron chi connectivity index (χ4n) is 5.98. The number of amides is 2. The molecule has 7 heteroatoms. The fourth-order valence-corrected chi connectivity index (χ4v) is 5.98. The lowest BCUT2D eigenvalue weighted by Gasteiger charge is -2.35. The maximum absolute atomic E-state index is 14.5. The highest BCUT2D eigenvalue weighted by atomic mass is 16.5. The molecule has 1 aliphatic heterocycles. The van der Waals surface area contributed by atoms with Crippen LogP contribution in [0.4, 0.5) is 5.69 Å². The Hall–Kier alpha value is -3.55. The van der Waals surface area contributed by atoms with Crippen molar-refractivity contribution >= 4 is 17.5 Å². The van der Waals surface area contributed by atoms with Crippen LogP contribution in [0.25, 0.3) is 0 Å². The van der Waals surface area contributed by atoms with E-state index in [1.807, 2.05) is 54.6 Å². The summed E-state index contributed by atoms with van der Waals surface area (Å²) in [7, 11) is 0. The van der Waals surface area contributed by atoms with Gasteiger partial charge < -0.3 is 15.4 Å². The van der Waals surface area contributed by atoms with Crippen LogP contribution in [0.3, 0.4) is 0 Å². The molecule has 222 valence electrons. The number of benzene rings is 2. The minimum atomic E-state index is -0.847. The summed E-state index contributed by atoms with van der Waals surface area (Å²) in [5.74, 6) is -0.310. The van der Waals surface area contributed by atoms with Crippen LogP contribution in [0.2, 0.25) is 0 Å². The quantitative estimate of drug-likeness (QED) is 0.338. The molecule has 0 spiro atoms. The van der Waals surface area contributed by atoms with Gasteiger partial charge in [0.05, 0.1) is 18.8 Å². The topological polar surface area (TPSA) is 83.6 Å². The third-order valence-corrected chi connectivity index (χ3v) is 8.42. The molecule has 2 aromatic carbocycles. The zero-order valence-electron chi connectivity index (χ0n) is 25.1. The summed E-state index contributed by atoms with van der Waals surface area (Å²) < 4.78 is 6.18. The van der Waals surface area contributed by atoms with E-state index in [9.17, 15) is 9.59 Å². The van der Waals surface area contributed by atoms with Crippen molar-refractivity contribution < 1.29 is 14.3 Å². The molecule has 1 aliphatic carbocycles. The average Bonchev–Trinajstić information content (AvgIpc) is 3.49. The Balaban J connectivity index is 1.44. The molecule has 2 N–H and O–H groups in total. The molecule has 5 rings (SSSR count). The van der Waals surface area contributed by atoms with E-state index >= 15 is 0 Å². The average molecular weight is 569 g/mol. The largest absolute Gasteiger partial charge is 0.372 e. The van der Waals surface area contributed by atoms with E-state index in [1.165, 1.54) is 6.42 Å². The molecule has 3 atom stereocenters. The molecular weight excluding hydrogens is 524 g/mol. The lowest BCUT2D eigenvalue weighted by Crippen LogP contribution is -2.51. The van der Waals surface area contributed by atoms with Gasteiger partial charge in [-0.3, -0.25) is 19.5 Å². The number of nitrogens with one attached hydrogen (secondary N) is 2. The summed E-state index contributed by atoms with van der Waals surface area (Å²) in [6.07, 6.45) is 9.16. The first-order valence-corrected chi connectivity index (χ1v) is 15.3. The third kappa shape index (κ3) is 7.44. The van der Waals surface area contributed by atoms with Crippen molar-refractivity contribution in [3.63, 3.8) is 0 Å². The number of nitrogens with zero attached hydrogens (tertiary/aromatic N) is 2. The number of aromatic nitrogens is 1. The van der Waals surface area contributed by atoms with Crippen LogP contribution in [0, 0.1) is 0 Å². The minimum absolute atomic E-state index is 0.0369. The van der Waals surface area contributed by atoms with E-state index in [0.717, 1.165) is 36.8 Å². The Bertz CT molecular complexity index is 1300. The van der Waals surface area contributed by atoms with E-state index < -0.39 is 12.1 Å². The van der Waals surface area contributed by atoms with E-state index in [-0.39, 0.29) is 29.4 Å². The van der Waals surface area contributed by atoms with Crippen molar-refractivity contribution in [2.45, 2.75) is 95.5 Å². The predicted octanol–water partition coefficient (Wildman–Crippen LogP) is 5.85.